The highest BCUT2D eigenvalue weighted by molar-refractivity contribution is 7.91. The molecular weight excluding hydrogens is 678 g/mol. The normalized spacial score (nSPS) is 27.5. The second-order valence-corrected chi connectivity index (χ2v) is 16.2. The number of aryl methyl sites for hydroxylation is 1. The molecule has 0 bridgehead atoms. The fourth-order valence-electron chi connectivity index (χ4n) is 7.37. The van der Waals surface area contributed by atoms with Crippen molar-refractivity contribution in [2.45, 2.75) is 75.2 Å². The smallest absolute Gasteiger partial charge is 0.259 e. The Hall–Kier alpha value is -4.59. The van der Waals surface area contributed by atoms with Crippen LogP contribution in [0, 0.1) is 30.5 Å². The summed E-state index contributed by atoms with van der Waals surface area (Å²) in [6, 6.07) is 9.39. The lowest BCUT2D eigenvalue weighted by atomic mass is 9.93. The van der Waals surface area contributed by atoms with Gasteiger partial charge < -0.3 is 19.7 Å². The summed E-state index contributed by atoms with van der Waals surface area (Å²) in [6.07, 6.45) is 7.15. The molecule has 3 fully saturated rings. The van der Waals surface area contributed by atoms with Gasteiger partial charge in [-0.15, -0.1) is 0 Å². The summed E-state index contributed by atoms with van der Waals surface area (Å²) in [4.78, 5) is 52.9. The van der Waals surface area contributed by atoms with Crippen LogP contribution in [0.5, 0.6) is 11.6 Å². The molecule has 2 aromatic carbocycles. The van der Waals surface area contributed by atoms with Gasteiger partial charge in [-0.2, -0.15) is 4.98 Å². The molecule has 3 saturated carbocycles. The summed E-state index contributed by atoms with van der Waals surface area (Å²) in [6.45, 7) is 2.39. The molecule has 7 rings (SSSR count). The van der Waals surface area contributed by atoms with E-state index in [1.54, 1.807) is 43.3 Å². The molecule has 14 heteroatoms. The number of halogens is 1. The standard InChI is InChI=1S/C37H42FN5O7S/c1-21-30(49-3)16-15-27-31(21)39-32(22-9-11-24(38)12-10-22)40-34(27)50-25-18-28-29(19-25)35(45)43(2)17-7-5-4-6-8-23-20-37(23,41-33(28)44)36(46)42-51(47,48)26-13-14-26/h6,8-12,15-16,23,25-26,28-29H,4-5,7,13-14,17-20H2,1-3H3,(H,41,44)(H,42,46)/b8-6-/t23-,25-,28?,29?,37-/m1/s1. The van der Waals surface area contributed by atoms with Gasteiger partial charge in [-0.3, -0.25) is 19.1 Å². The van der Waals surface area contributed by atoms with E-state index in [9.17, 15) is 27.2 Å². The second-order valence-electron chi connectivity index (χ2n) is 14.2. The summed E-state index contributed by atoms with van der Waals surface area (Å²) in [5, 5.41) is 2.92. The van der Waals surface area contributed by atoms with E-state index < -0.39 is 56.4 Å². The summed E-state index contributed by atoms with van der Waals surface area (Å²) in [5.74, 6) is -2.66. The number of rotatable bonds is 7. The molecule has 270 valence electrons. The van der Waals surface area contributed by atoms with Crippen LogP contribution in [0.3, 0.4) is 0 Å². The minimum absolute atomic E-state index is 0.154. The number of sulfonamides is 1. The SMILES string of the molecule is COc1ccc2c(O[C@@H]3CC4C(=O)N[C@]5(C(=O)NS(=O)(=O)C6CC6)C[C@H]5/C=C\CCCCN(C)C(=O)C4C3)nc(-c3ccc(F)cc3)nc2c1C. The maximum atomic E-state index is 14.2. The molecule has 0 radical (unpaired) electrons. The minimum Gasteiger partial charge on any atom is -0.496 e. The summed E-state index contributed by atoms with van der Waals surface area (Å²) in [7, 11) is -0.556. The van der Waals surface area contributed by atoms with Crippen LogP contribution in [-0.4, -0.2) is 78.6 Å². The van der Waals surface area contributed by atoms with Crippen molar-refractivity contribution in [3.05, 3.63) is 59.9 Å². The quantitative estimate of drug-likeness (QED) is 0.342. The lowest BCUT2D eigenvalue weighted by molar-refractivity contribution is -0.140. The van der Waals surface area contributed by atoms with Crippen molar-refractivity contribution in [1.82, 2.24) is 24.9 Å². The predicted octanol–water partition coefficient (Wildman–Crippen LogP) is 4.21. The number of fused-ring (bicyclic) bond motifs is 3. The Labute approximate surface area is 296 Å². The van der Waals surface area contributed by atoms with Gasteiger partial charge in [0, 0.05) is 30.6 Å². The average molecular weight is 720 g/mol. The first-order chi connectivity index (χ1) is 24.4. The molecule has 5 atom stereocenters. The number of carbonyl (C=O) groups is 3. The summed E-state index contributed by atoms with van der Waals surface area (Å²) >= 11 is 0. The molecule has 3 amide bonds. The molecule has 3 aliphatic carbocycles. The number of allylic oxidation sites excluding steroid dienone is 1. The molecule has 4 aliphatic rings. The number of aromatic nitrogens is 2. The highest BCUT2D eigenvalue weighted by Crippen LogP contribution is 2.47. The number of methoxy groups -OCH3 is 1. The van der Waals surface area contributed by atoms with Gasteiger partial charge in [-0.05, 0) is 94.7 Å². The lowest BCUT2D eigenvalue weighted by Gasteiger charge is -2.26. The Morgan fingerprint density at radius 3 is 2.53 bits per heavy atom. The van der Waals surface area contributed by atoms with Crippen LogP contribution in [0.15, 0.2) is 48.6 Å². The Kier molecular flexibility index (Phi) is 9.23. The van der Waals surface area contributed by atoms with E-state index in [0.29, 0.717) is 47.4 Å². The molecule has 3 aromatic rings. The molecule has 2 N–H and O–H groups in total. The van der Waals surface area contributed by atoms with Gasteiger partial charge in [0.1, 0.15) is 23.2 Å². The minimum atomic E-state index is -3.85. The number of nitrogens with one attached hydrogen (secondary N) is 2. The van der Waals surface area contributed by atoms with Crippen LogP contribution in [0.25, 0.3) is 22.3 Å². The van der Waals surface area contributed by atoms with E-state index in [4.69, 9.17) is 19.4 Å². The first-order valence-corrected chi connectivity index (χ1v) is 19.0. The lowest BCUT2D eigenvalue weighted by Crippen LogP contribution is -2.54. The number of nitrogens with zero attached hydrogens (tertiary/aromatic N) is 3. The van der Waals surface area contributed by atoms with Gasteiger partial charge in [-0.25, -0.2) is 17.8 Å². The Balaban J connectivity index is 1.21. The van der Waals surface area contributed by atoms with Crippen molar-refractivity contribution in [2.75, 3.05) is 20.7 Å². The number of hydrogen-bond acceptors (Lipinski definition) is 9. The van der Waals surface area contributed by atoms with Crippen molar-refractivity contribution in [2.24, 2.45) is 17.8 Å². The molecule has 0 saturated heterocycles. The predicted molar refractivity (Wildman–Crippen MR) is 187 cm³/mol. The molecule has 2 unspecified atom stereocenters. The Morgan fingerprint density at radius 1 is 1.06 bits per heavy atom. The zero-order valence-electron chi connectivity index (χ0n) is 28.9. The van der Waals surface area contributed by atoms with Gasteiger partial charge in [0.25, 0.3) is 5.91 Å². The van der Waals surface area contributed by atoms with E-state index in [-0.39, 0.29) is 37.0 Å². The average Bonchev–Trinajstić information content (AvgIpc) is 4.03. The third kappa shape index (κ3) is 6.89. The number of benzene rings is 2. The third-order valence-electron chi connectivity index (χ3n) is 10.6. The van der Waals surface area contributed by atoms with Gasteiger partial charge in [0.15, 0.2) is 5.82 Å². The van der Waals surface area contributed by atoms with Crippen molar-refractivity contribution in [3.63, 3.8) is 0 Å². The molecule has 0 spiro atoms. The van der Waals surface area contributed by atoms with E-state index in [1.165, 1.54) is 12.1 Å². The van der Waals surface area contributed by atoms with Crippen molar-refractivity contribution >= 4 is 38.6 Å². The van der Waals surface area contributed by atoms with Crippen LogP contribution < -0.4 is 19.5 Å². The first kappa shape index (κ1) is 34.8. The van der Waals surface area contributed by atoms with Crippen molar-refractivity contribution < 1.29 is 36.7 Å². The molecule has 1 aliphatic heterocycles. The monoisotopic (exact) mass is 719 g/mol. The molecule has 1 aromatic heterocycles. The van der Waals surface area contributed by atoms with E-state index in [1.807, 2.05) is 19.1 Å². The van der Waals surface area contributed by atoms with E-state index >= 15 is 0 Å². The van der Waals surface area contributed by atoms with Crippen LogP contribution in [-0.2, 0) is 24.4 Å². The second kappa shape index (κ2) is 13.5. The van der Waals surface area contributed by atoms with Gasteiger partial charge >= 0.3 is 0 Å². The zero-order valence-corrected chi connectivity index (χ0v) is 29.7. The van der Waals surface area contributed by atoms with Crippen LogP contribution in [0.2, 0.25) is 0 Å². The molecular formula is C37H42FN5O7S. The molecule has 12 nitrogen and oxygen atoms in total. The highest BCUT2D eigenvalue weighted by Gasteiger charge is 2.62. The number of carbonyl (C=O) groups excluding carboxylic acids is 3. The number of hydrogen-bond donors (Lipinski definition) is 2. The molecule has 51 heavy (non-hydrogen) atoms. The summed E-state index contributed by atoms with van der Waals surface area (Å²) < 4.78 is 53.6. The topological polar surface area (TPSA) is 157 Å². The first-order valence-electron chi connectivity index (χ1n) is 17.5. The highest BCUT2D eigenvalue weighted by atomic mass is 32.2. The Bertz CT molecular complexity index is 2020. The third-order valence-corrected chi connectivity index (χ3v) is 12.5. The maximum absolute atomic E-state index is 14.2. The maximum Gasteiger partial charge on any atom is 0.259 e. The largest absolute Gasteiger partial charge is 0.496 e. The summed E-state index contributed by atoms with van der Waals surface area (Å²) in [5.41, 5.74) is 0.468. The van der Waals surface area contributed by atoms with Gasteiger partial charge in [0.05, 0.1) is 35.1 Å². The van der Waals surface area contributed by atoms with Crippen LogP contribution in [0.1, 0.15) is 56.9 Å². The van der Waals surface area contributed by atoms with Crippen molar-refractivity contribution in [1.29, 1.82) is 0 Å². The zero-order chi connectivity index (χ0) is 36.1. The van der Waals surface area contributed by atoms with Crippen LogP contribution >= 0.6 is 0 Å². The van der Waals surface area contributed by atoms with E-state index in [0.717, 1.165) is 24.8 Å². The van der Waals surface area contributed by atoms with Gasteiger partial charge in [0.2, 0.25) is 27.7 Å². The number of amides is 3. The van der Waals surface area contributed by atoms with Gasteiger partial charge in [-0.1, -0.05) is 12.2 Å². The van der Waals surface area contributed by atoms with Crippen molar-refractivity contribution in [3.8, 4) is 23.0 Å². The van der Waals surface area contributed by atoms with Crippen LogP contribution in [0.4, 0.5) is 4.39 Å². The van der Waals surface area contributed by atoms with E-state index in [2.05, 4.69) is 10.0 Å². The Morgan fingerprint density at radius 2 is 1.80 bits per heavy atom. The fraction of sp³-hybridized carbons (Fsp3) is 0.486. The molecule has 2 heterocycles. The fourth-order valence-corrected chi connectivity index (χ4v) is 8.74. The number of ether oxygens (including phenoxy) is 2.